The molecule has 0 saturated heterocycles. The molecular formula is C17H32. The second kappa shape index (κ2) is 6.25. The summed E-state index contributed by atoms with van der Waals surface area (Å²) in [6.07, 6.45) is 13.6. The van der Waals surface area contributed by atoms with E-state index in [4.69, 9.17) is 0 Å². The Bertz CT molecular complexity index is 212. The van der Waals surface area contributed by atoms with Crippen LogP contribution in [0.4, 0.5) is 0 Å². The van der Waals surface area contributed by atoms with E-state index >= 15 is 0 Å². The lowest BCUT2D eigenvalue weighted by Crippen LogP contribution is -2.33. The first-order valence-electron chi connectivity index (χ1n) is 8.20. The summed E-state index contributed by atoms with van der Waals surface area (Å²) in [6, 6.07) is 0. The van der Waals surface area contributed by atoms with Gasteiger partial charge in [0.1, 0.15) is 0 Å². The fourth-order valence-electron chi connectivity index (χ4n) is 4.68. The van der Waals surface area contributed by atoms with Crippen LogP contribution in [0.5, 0.6) is 0 Å². The minimum atomic E-state index is 0.909. The maximum atomic E-state index is 2.58. The molecule has 0 aromatic rings. The van der Waals surface area contributed by atoms with Crippen LogP contribution >= 0.6 is 0 Å². The van der Waals surface area contributed by atoms with Crippen LogP contribution in [-0.2, 0) is 0 Å². The molecule has 0 spiro atoms. The number of hydrogen-bond donors (Lipinski definition) is 0. The number of rotatable bonds is 3. The highest BCUT2D eigenvalue weighted by molar-refractivity contribution is 4.85. The summed E-state index contributed by atoms with van der Waals surface area (Å²) in [4.78, 5) is 0. The fraction of sp³-hybridized carbons (Fsp3) is 1.00. The van der Waals surface area contributed by atoms with Crippen LogP contribution in [-0.4, -0.2) is 0 Å². The second-order valence-corrected chi connectivity index (χ2v) is 7.11. The van der Waals surface area contributed by atoms with Gasteiger partial charge in [0, 0.05) is 0 Å². The molecule has 0 aliphatic heterocycles. The van der Waals surface area contributed by atoms with Crippen molar-refractivity contribution in [1.29, 1.82) is 0 Å². The lowest BCUT2D eigenvalue weighted by atomic mass is 9.64. The molecule has 17 heavy (non-hydrogen) atoms. The monoisotopic (exact) mass is 236 g/mol. The Kier molecular flexibility index (Phi) is 4.94. The normalized spacial score (nSPS) is 33.9. The minimum absolute atomic E-state index is 0.909. The smallest absolute Gasteiger partial charge is 0.0355 e. The molecule has 0 N–H and O–H groups in total. The third-order valence-electron chi connectivity index (χ3n) is 5.80. The van der Waals surface area contributed by atoms with E-state index in [0.29, 0.717) is 0 Å². The first-order valence-corrected chi connectivity index (χ1v) is 8.20. The highest BCUT2D eigenvalue weighted by atomic mass is 14.4. The zero-order valence-corrected chi connectivity index (χ0v) is 12.3. The van der Waals surface area contributed by atoms with Gasteiger partial charge in [0.2, 0.25) is 0 Å². The summed E-state index contributed by atoms with van der Waals surface area (Å²) < 4.78 is 0. The maximum absolute atomic E-state index is 2.58. The first-order chi connectivity index (χ1) is 8.20. The van der Waals surface area contributed by atoms with Crippen molar-refractivity contribution in [2.45, 2.75) is 78.6 Å². The average Bonchev–Trinajstić information content (AvgIpc) is 2.39. The Labute approximate surface area is 109 Å². The number of hydrogen-bond acceptors (Lipinski definition) is 0. The van der Waals surface area contributed by atoms with Crippen molar-refractivity contribution < 1.29 is 0 Å². The Balaban J connectivity index is 1.97. The summed E-state index contributed by atoms with van der Waals surface area (Å²) in [5, 5.41) is 0. The van der Waals surface area contributed by atoms with Gasteiger partial charge < -0.3 is 0 Å². The van der Waals surface area contributed by atoms with Gasteiger partial charge in [0.05, 0.1) is 0 Å². The van der Waals surface area contributed by atoms with Gasteiger partial charge in [0.15, 0.2) is 0 Å². The van der Waals surface area contributed by atoms with E-state index in [1.165, 1.54) is 57.8 Å². The van der Waals surface area contributed by atoms with Crippen molar-refractivity contribution in [3.63, 3.8) is 0 Å². The summed E-state index contributed by atoms with van der Waals surface area (Å²) >= 11 is 0. The van der Waals surface area contributed by atoms with E-state index in [1.807, 2.05) is 0 Å². The molecule has 2 rings (SSSR count). The highest BCUT2D eigenvalue weighted by Crippen LogP contribution is 2.44. The first kappa shape index (κ1) is 13.4. The van der Waals surface area contributed by atoms with Crippen LogP contribution in [0.1, 0.15) is 78.6 Å². The Hall–Kier alpha value is 0. The zero-order valence-electron chi connectivity index (χ0n) is 12.3. The largest absolute Gasteiger partial charge is 0.0625 e. The third kappa shape index (κ3) is 3.26. The summed E-state index contributed by atoms with van der Waals surface area (Å²) in [7, 11) is 0. The molecule has 3 atom stereocenters. The van der Waals surface area contributed by atoms with E-state index in [1.54, 1.807) is 0 Å². The van der Waals surface area contributed by atoms with Gasteiger partial charge in [-0.05, 0) is 42.4 Å². The van der Waals surface area contributed by atoms with E-state index < -0.39 is 0 Å². The Morgan fingerprint density at radius 3 is 1.76 bits per heavy atom. The van der Waals surface area contributed by atoms with Crippen LogP contribution in [0, 0.1) is 29.6 Å². The summed E-state index contributed by atoms with van der Waals surface area (Å²) in [5.41, 5.74) is 0. The molecule has 2 saturated carbocycles. The Morgan fingerprint density at radius 1 is 0.647 bits per heavy atom. The molecular weight excluding hydrogens is 204 g/mol. The fourth-order valence-corrected chi connectivity index (χ4v) is 4.68. The standard InChI is InChI=1S/C17H32/c1-13(2)16-11-7-8-12-17(16)14(3)15-9-5-4-6-10-15/h13-17H,4-12H2,1-3H3/t14-,16?,17?/m0/s1. The van der Waals surface area contributed by atoms with Crippen LogP contribution in [0.25, 0.3) is 0 Å². The van der Waals surface area contributed by atoms with E-state index in [2.05, 4.69) is 20.8 Å². The SMILES string of the molecule is CC(C)C1CCCCC1[C@@H](C)C1CCCCC1. The molecule has 0 bridgehead atoms. The van der Waals surface area contributed by atoms with Gasteiger partial charge in [-0.25, -0.2) is 0 Å². The lowest BCUT2D eigenvalue weighted by Gasteiger charge is -2.42. The molecule has 0 heterocycles. The van der Waals surface area contributed by atoms with Crippen molar-refractivity contribution in [3.05, 3.63) is 0 Å². The van der Waals surface area contributed by atoms with Crippen LogP contribution in [0.2, 0.25) is 0 Å². The topological polar surface area (TPSA) is 0 Å². The molecule has 2 unspecified atom stereocenters. The van der Waals surface area contributed by atoms with Crippen molar-refractivity contribution >= 4 is 0 Å². The van der Waals surface area contributed by atoms with Crippen LogP contribution in [0.3, 0.4) is 0 Å². The molecule has 100 valence electrons. The van der Waals surface area contributed by atoms with Gasteiger partial charge >= 0.3 is 0 Å². The molecule has 0 nitrogen and oxygen atoms in total. The van der Waals surface area contributed by atoms with E-state index in [-0.39, 0.29) is 0 Å². The minimum Gasteiger partial charge on any atom is -0.0625 e. The predicted molar refractivity (Wildman–Crippen MR) is 76.0 cm³/mol. The molecule has 2 fully saturated rings. The third-order valence-corrected chi connectivity index (χ3v) is 5.80. The van der Waals surface area contributed by atoms with Gasteiger partial charge in [-0.15, -0.1) is 0 Å². The van der Waals surface area contributed by atoms with Crippen LogP contribution < -0.4 is 0 Å². The molecule has 0 radical (unpaired) electrons. The lowest BCUT2D eigenvalue weighted by molar-refractivity contribution is 0.0804. The molecule has 0 aromatic carbocycles. The second-order valence-electron chi connectivity index (χ2n) is 7.11. The summed E-state index contributed by atoms with van der Waals surface area (Å²) in [5.74, 6) is 5.05. The van der Waals surface area contributed by atoms with Crippen molar-refractivity contribution in [2.75, 3.05) is 0 Å². The molecule has 0 aromatic heterocycles. The van der Waals surface area contributed by atoms with E-state index in [9.17, 15) is 0 Å². The predicted octanol–water partition coefficient (Wildman–Crippen LogP) is 5.67. The zero-order chi connectivity index (χ0) is 12.3. The average molecular weight is 236 g/mol. The van der Waals surface area contributed by atoms with E-state index in [0.717, 1.165) is 29.6 Å². The maximum Gasteiger partial charge on any atom is -0.0355 e. The molecule has 2 aliphatic rings. The Morgan fingerprint density at radius 2 is 1.18 bits per heavy atom. The molecule has 0 heteroatoms. The molecule has 0 amide bonds. The quantitative estimate of drug-likeness (QED) is 0.592. The van der Waals surface area contributed by atoms with Gasteiger partial charge in [-0.3, -0.25) is 0 Å². The summed E-state index contributed by atoms with van der Waals surface area (Å²) in [6.45, 7) is 7.49. The highest BCUT2D eigenvalue weighted by Gasteiger charge is 2.35. The van der Waals surface area contributed by atoms with Gasteiger partial charge in [0.25, 0.3) is 0 Å². The van der Waals surface area contributed by atoms with Gasteiger partial charge in [-0.2, -0.15) is 0 Å². The van der Waals surface area contributed by atoms with Crippen molar-refractivity contribution in [3.8, 4) is 0 Å². The van der Waals surface area contributed by atoms with Crippen LogP contribution in [0.15, 0.2) is 0 Å². The van der Waals surface area contributed by atoms with Gasteiger partial charge in [-0.1, -0.05) is 65.7 Å². The molecule has 2 aliphatic carbocycles. The van der Waals surface area contributed by atoms with Crippen molar-refractivity contribution in [1.82, 2.24) is 0 Å². The van der Waals surface area contributed by atoms with Crippen molar-refractivity contribution in [2.24, 2.45) is 29.6 Å².